The third-order valence-electron chi connectivity index (χ3n) is 3.56. The molecule has 23 heavy (non-hydrogen) atoms. The van der Waals surface area contributed by atoms with Crippen LogP contribution in [0.5, 0.6) is 0 Å². The first-order valence-corrected chi connectivity index (χ1v) is 8.40. The summed E-state index contributed by atoms with van der Waals surface area (Å²) in [7, 11) is 3.96. The van der Waals surface area contributed by atoms with E-state index in [-0.39, 0.29) is 11.9 Å². The lowest BCUT2D eigenvalue weighted by Crippen LogP contribution is -2.20. The second-order valence-corrected chi connectivity index (χ2v) is 6.46. The Kier molecular flexibility index (Phi) is 6.13. The topological polar surface area (TPSA) is 57.7 Å². The minimum Gasteiger partial charge on any atom is -0.300 e. The van der Waals surface area contributed by atoms with Gasteiger partial charge in [0.25, 0.3) is 0 Å². The third-order valence-corrected chi connectivity index (χ3v) is 4.57. The molecule has 2 rings (SSSR count). The molecular formula is C16H20FN5S. The molecule has 1 heterocycles. The van der Waals surface area contributed by atoms with Crippen LogP contribution in [0.2, 0.25) is 0 Å². The van der Waals surface area contributed by atoms with Crippen LogP contribution in [0.15, 0.2) is 29.4 Å². The molecule has 122 valence electrons. The second-order valence-electron chi connectivity index (χ2n) is 5.40. The maximum Gasteiger partial charge on any atom is 0.195 e. The second kappa shape index (κ2) is 8.09. The Hall–Kier alpha value is -1.91. The summed E-state index contributed by atoms with van der Waals surface area (Å²) in [6.07, 6.45) is 1.33. The largest absolute Gasteiger partial charge is 0.300 e. The lowest BCUT2D eigenvalue weighted by molar-refractivity contribution is 0.305. The van der Waals surface area contributed by atoms with Gasteiger partial charge in [0.2, 0.25) is 0 Å². The lowest BCUT2D eigenvalue weighted by atomic mass is 10.2. The van der Waals surface area contributed by atoms with E-state index in [2.05, 4.69) is 16.3 Å². The van der Waals surface area contributed by atoms with Crippen LogP contribution in [0, 0.1) is 17.1 Å². The molecule has 0 unspecified atom stereocenters. The molecule has 5 nitrogen and oxygen atoms in total. The number of rotatable bonds is 7. The Morgan fingerprint density at radius 3 is 2.61 bits per heavy atom. The number of unbranched alkanes of at least 4 members (excludes halogenated alkanes) is 1. The van der Waals surface area contributed by atoms with Gasteiger partial charge >= 0.3 is 0 Å². The number of thioether (sulfide) groups is 1. The average molecular weight is 333 g/mol. The number of benzene rings is 1. The maximum absolute atomic E-state index is 13.2. The van der Waals surface area contributed by atoms with Gasteiger partial charge < -0.3 is 0 Å². The summed E-state index contributed by atoms with van der Waals surface area (Å²) < 4.78 is 15.2. The smallest absolute Gasteiger partial charge is 0.195 e. The zero-order valence-corrected chi connectivity index (χ0v) is 14.3. The van der Waals surface area contributed by atoms with Crippen LogP contribution >= 0.6 is 11.8 Å². The molecule has 0 aliphatic carbocycles. The lowest BCUT2D eigenvalue weighted by Gasteiger charge is -2.20. The maximum atomic E-state index is 13.2. The van der Waals surface area contributed by atoms with Gasteiger partial charge in [0.1, 0.15) is 5.82 Å². The summed E-state index contributed by atoms with van der Waals surface area (Å²) in [6.45, 7) is 2.05. The number of aromatic nitrogens is 3. The molecule has 0 radical (unpaired) electrons. The van der Waals surface area contributed by atoms with Gasteiger partial charge in [-0.3, -0.25) is 9.47 Å². The standard InChI is InChI=1S/C16H20FN5S/c1-12(21(2)3)15-19-20-16(23-11-5-4-10-18)22(15)14-8-6-13(17)7-9-14/h6-9,12H,4-5,11H2,1-3H3/t12-/m1/s1. The van der Waals surface area contributed by atoms with Crippen LogP contribution in [0.25, 0.3) is 5.69 Å². The van der Waals surface area contributed by atoms with Crippen LogP contribution in [0.4, 0.5) is 4.39 Å². The first kappa shape index (κ1) is 17.4. The Morgan fingerprint density at radius 1 is 1.30 bits per heavy atom. The van der Waals surface area contributed by atoms with Gasteiger partial charge in [-0.2, -0.15) is 5.26 Å². The number of nitrogens with zero attached hydrogens (tertiary/aromatic N) is 5. The molecule has 1 aromatic heterocycles. The molecule has 7 heteroatoms. The van der Waals surface area contributed by atoms with Crippen LogP contribution in [0.1, 0.15) is 31.6 Å². The molecule has 1 aromatic carbocycles. The fraction of sp³-hybridized carbons (Fsp3) is 0.438. The van der Waals surface area contributed by atoms with Crippen molar-refractivity contribution in [3.8, 4) is 11.8 Å². The average Bonchev–Trinajstić information content (AvgIpc) is 2.95. The van der Waals surface area contributed by atoms with Crippen molar-refractivity contribution in [3.63, 3.8) is 0 Å². The molecule has 0 aliphatic rings. The van der Waals surface area contributed by atoms with Crippen molar-refractivity contribution in [2.75, 3.05) is 19.8 Å². The monoisotopic (exact) mass is 333 g/mol. The molecule has 0 aliphatic heterocycles. The predicted molar refractivity (Wildman–Crippen MR) is 89.0 cm³/mol. The Labute approximate surface area is 140 Å². The molecule has 0 N–H and O–H groups in total. The van der Waals surface area contributed by atoms with E-state index in [1.54, 1.807) is 23.9 Å². The van der Waals surface area contributed by atoms with Gasteiger partial charge in [-0.15, -0.1) is 10.2 Å². The van der Waals surface area contributed by atoms with Crippen LogP contribution < -0.4 is 0 Å². The van der Waals surface area contributed by atoms with Crippen LogP contribution in [0.3, 0.4) is 0 Å². The first-order valence-electron chi connectivity index (χ1n) is 7.42. The Balaban J connectivity index is 2.35. The highest BCUT2D eigenvalue weighted by atomic mass is 32.2. The van der Waals surface area contributed by atoms with E-state index in [4.69, 9.17) is 5.26 Å². The normalized spacial score (nSPS) is 12.3. The van der Waals surface area contributed by atoms with Gasteiger partial charge in [0.15, 0.2) is 11.0 Å². The van der Waals surface area contributed by atoms with E-state index >= 15 is 0 Å². The molecule has 2 aromatic rings. The number of hydrogen-bond acceptors (Lipinski definition) is 5. The molecule has 0 spiro atoms. The Morgan fingerprint density at radius 2 is 2.00 bits per heavy atom. The SMILES string of the molecule is C[C@H](c1nnc(SCCCC#N)n1-c1ccc(F)cc1)N(C)C. The highest BCUT2D eigenvalue weighted by molar-refractivity contribution is 7.99. The molecule has 0 bridgehead atoms. The zero-order valence-electron chi connectivity index (χ0n) is 13.5. The molecule has 0 saturated heterocycles. The zero-order chi connectivity index (χ0) is 16.8. The number of hydrogen-bond donors (Lipinski definition) is 0. The van der Waals surface area contributed by atoms with Gasteiger partial charge in [0, 0.05) is 17.9 Å². The first-order chi connectivity index (χ1) is 11.0. The fourth-order valence-corrected chi connectivity index (χ4v) is 2.92. The van der Waals surface area contributed by atoms with Crippen LogP contribution in [-0.2, 0) is 0 Å². The van der Waals surface area contributed by atoms with Crippen LogP contribution in [-0.4, -0.2) is 39.5 Å². The third kappa shape index (κ3) is 4.30. The van der Waals surface area contributed by atoms with Gasteiger partial charge in [-0.05, 0) is 51.7 Å². The quantitative estimate of drug-likeness (QED) is 0.574. The van der Waals surface area contributed by atoms with Crippen molar-refractivity contribution in [2.45, 2.75) is 31.0 Å². The van der Waals surface area contributed by atoms with Crippen molar-refractivity contribution in [2.24, 2.45) is 0 Å². The molecular weight excluding hydrogens is 313 g/mol. The number of halogens is 1. The predicted octanol–water partition coefficient (Wildman–Crippen LogP) is 3.42. The minimum absolute atomic E-state index is 0.0704. The fourth-order valence-electron chi connectivity index (χ4n) is 2.02. The molecule has 0 amide bonds. The van der Waals surface area contributed by atoms with E-state index in [1.807, 2.05) is 30.5 Å². The highest BCUT2D eigenvalue weighted by Crippen LogP contribution is 2.27. The number of nitriles is 1. The summed E-state index contributed by atoms with van der Waals surface area (Å²) in [4.78, 5) is 2.05. The van der Waals surface area contributed by atoms with Crippen molar-refractivity contribution in [1.29, 1.82) is 5.26 Å². The van der Waals surface area contributed by atoms with E-state index in [1.165, 1.54) is 12.1 Å². The van der Waals surface area contributed by atoms with Crippen molar-refractivity contribution in [1.82, 2.24) is 19.7 Å². The van der Waals surface area contributed by atoms with Gasteiger partial charge in [-0.1, -0.05) is 11.8 Å². The summed E-state index contributed by atoms with van der Waals surface area (Å²) in [5.41, 5.74) is 0.836. The van der Waals surface area contributed by atoms with Crippen molar-refractivity contribution >= 4 is 11.8 Å². The summed E-state index contributed by atoms with van der Waals surface area (Å²) in [6, 6.07) is 8.53. The summed E-state index contributed by atoms with van der Waals surface area (Å²) in [5, 5.41) is 18.0. The van der Waals surface area contributed by atoms with E-state index in [0.717, 1.165) is 28.8 Å². The van der Waals surface area contributed by atoms with Gasteiger partial charge in [0.05, 0.1) is 12.1 Å². The van der Waals surface area contributed by atoms with Gasteiger partial charge in [-0.25, -0.2) is 4.39 Å². The Bertz CT molecular complexity index is 675. The summed E-state index contributed by atoms with van der Waals surface area (Å²) >= 11 is 1.56. The van der Waals surface area contributed by atoms with Crippen molar-refractivity contribution < 1.29 is 4.39 Å². The van der Waals surface area contributed by atoms with E-state index < -0.39 is 0 Å². The highest BCUT2D eigenvalue weighted by Gasteiger charge is 2.20. The molecule has 0 saturated carbocycles. The molecule has 0 fully saturated rings. The minimum atomic E-state index is -0.271. The van der Waals surface area contributed by atoms with E-state index in [0.29, 0.717) is 6.42 Å². The summed E-state index contributed by atoms with van der Waals surface area (Å²) in [5.74, 6) is 1.33. The van der Waals surface area contributed by atoms with E-state index in [9.17, 15) is 4.39 Å². The molecule has 1 atom stereocenters. The van der Waals surface area contributed by atoms with Crippen molar-refractivity contribution in [3.05, 3.63) is 35.9 Å².